The maximum atomic E-state index is 2.52. The molecule has 0 radical (unpaired) electrons. The largest absolute Gasteiger partial charge is 0.243 e. The Hall–Kier alpha value is -2.35. The monoisotopic (exact) mass is 529 g/mol. The molecule has 2 heteroatoms. The fraction of sp³-hybridized carbons (Fsp3) is 0.595. The molecule has 0 aliphatic heterocycles. The van der Waals surface area contributed by atoms with Crippen molar-refractivity contribution in [2.75, 3.05) is 0 Å². The van der Waals surface area contributed by atoms with Crippen LogP contribution in [0.25, 0.3) is 0 Å². The third-order valence-electron chi connectivity index (χ3n) is 8.85. The highest BCUT2D eigenvalue weighted by molar-refractivity contribution is 5.30. The van der Waals surface area contributed by atoms with Gasteiger partial charge in [-0.3, -0.25) is 0 Å². The summed E-state index contributed by atoms with van der Waals surface area (Å²) in [6.45, 7) is 8.04. The van der Waals surface area contributed by atoms with Crippen molar-refractivity contribution >= 4 is 0 Å². The van der Waals surface area contributed by atoms with E-state index in [2.05, 4.69) is 109 Å². The number of rotatable bonds is 21. The molecule has 0 N–H and O–H groups in total. The van der Waals surface area contributed by atoms with E-state index in [1.54, 1.807) is 0 Å². The zero-order chi connectivity index (χ0) is 27.6. The molecule has 2 aromatic carbocycles. The molecule has 2 unspecified atom stereocenters. The Labute approximate surface area is 240 Å². The summed E-state index contributed by atoms with van der Waals surface area (Å²) in [6.07, 6.45) is 28.9. The molecule has 0 bridgehead atoms. The Morgan fingerprint density at radius 1 is 0.667 bits per heavy atom. The SMILES string of the molecule is CCCCCCCCCCCCCCCCC(n1cc[n+](CC)c1)C(C)(Cc1ccccc1)c1ccccc1. The quantitative estimate of drug-likeness (QED) is 0.0958. The average Bonchev–Trinajstić information content (AvgIpc) is 3.45. The lowest BCUT2D eigenvalue weighted by Crippen LogP contribution is -2.37. The minimum atomic E-state index is 0.0176. The molecule has 0 saturated heterocycles. The van der Waals surface area contributed by atoms with Crippen LogP contribution in [0.3, 0.4) is 0 Å². The van der Waals surface area contributed by atoms with Crippen LogP contribution in [0.1, 0.15) is 134 Å². The second-order valence-electron chi connectivity index (χ2n) is 12.0. The van der Waals surface area contributed by atoms with E-state index in [9.17, 15) is 0 Å². The van der Waals surface area contributed by atoms with Crippen molar-refractivity contribution in [3.05, 3.63) is 90.5 Å². The van der Waals surface area contributed by atoms with Gasteiger partial charge in [-0.1, -0.05) is 158 Å². The first-order chi connectivity index (χ1) is 19.2. The standard InChI is InChI=1S/C37H57N2/c1-4-6-7-8-9-10-11-12-13-14-15-16-17-24-29-36(39-31-30-38(5-2)33-39)37(3,35-27-22-19-23-28-35)32-34-25-20-18-21-26-34/h18-23,25-28,30-31,33,36H,4-17,24,29,32H2,1-3H3/q+1. The summed E-state index contributed by atoms with van der Waals surface area (Å²) in [4.78, 5) is 0. The Kier molecular flexibility index (Phi) is 14.5. The highest BCUT2D eigenvalue weighted by Gasteiger charge is 2.40. The maximum Gasteiger partial charge on any atom is 0.243 e. The smallest absolute Gasteiger partial charge is 0.237 e. The molecular formula is C37H57N2+. The Morgan fingerprint density at radius 3 is 1.69 bits per heavy atom. The summed E-state index contributed by atoms with van der Waals surface area (Å²) >= 11 is 0. The van der Waals surface area contributed by atoms with Crippen molar-refractivity contribution in [3.8, 4) is 0 Å². The topological polar surface area (TPSA) is 8.81 Å². The van der Waals surface area contributed by atoms with Gasteiger partial charge in [0.15, 0.2) is 0 Å². The fourth-order valence-electron chi connectivity index (χ4n) is 6.36. The van der Waals surface area contributed by atoms with Crippen molar-refractivity contribution in [2.24, 2.45) is 0 Å². The first-order valence-electron chi connectivity index (χ1n) is 16.3. The molecule has 2 nitrogen and oxygen atoms in total. The number of hydrogen-bond donors (Lipinski definition) is 0. The maximum absolute atomic E-state index is 2.52. The molecule has 0 aliphatic carbocycles. The summed E-state index contributed by atoms with van der Waals surface area (Å²) in [7, 11) is 0. The molecular weight excluding hydrogens is 472 g/mol. The van der Waals surface area contributed by atoms with E-state index in [0.717, 1.165) is 13.0 Å². The number of benzene rings is 2. The van der Waals surface area contributed by atoms with Crippen LogP contribution in [0, 0.1) is 0 Å². The van der Waals surface area contributed by atoms with Gasteiger partial charge in [0, 0.05) is 5.41 Å². The number of nitrogens with zero attached hydrogens (tertiary/aromatic N) is 2. The van der Waals surface area contributed by atoms with Crippen molar-refractivity contribution in [1.82, 2.24) is 4.57 Å². The van der Waals surface area contributed by atoms with Crippen LogP contribution in [-0.2, 0) is 18.4 Å². The number of unbranched alkanes of at least 4 members (excludes halogenated alkanes) is 13. The van der Waals surface area contributed by atoms with Crippen LogP contribution in [0.2, 0.25) is 0 Å². The van der Waals surface area contributed by atoms with Gasteiger partial charge in [-0.15, -0.1) is 0 Å². The minimum Gasteiger partial charge on any atom is -0.237 e. The summed E-state index contributed by atoms with van der Waals surface area (Å²) in [6, 6.07) is 22.8. The van der Waals surface area contributed by atoms with Gasteiger partial charge in [0.05, 0.1) is 6.54 Å². The summed E-state index contributed by atoms with van der Waals surface area (Å²) in [5, 5.41) is 0. The lowest BCUT2D eigenvalue weighted by Gasteiger charge is -2.37. The molecule has 0 amide bonds. The van der Waals surface area contributed by atoms with E-state index >= 15 is 0 Å². The van der Waals surface area contributed by atoms with E-state index in [-0.39, 0.29) is 5.41 Å². The highest BCUT2D eigenvalue weighted by Crippen LogP contribution is 2.41. The fourth-order valence-corrected chi connectivity index (χ4v) is 6.36. The average molecular weight is 530 g/mol. The predicted molar refractivity (Wildman–Crippen MR) is 168 cm³/mol. The van der Waals surface area contributed by atoms with E-state index in [4.69, 9.17) is 0 Å². The van der Waals surface area contributed by atoms with E-state index in [0.29, 0.717) is 6.04 Å². The lowest BCUT2D eigenvalue weighted by molar-refractivity contribution is -0.693. The first-order valence-corrected chi connectivity index (χ1v) is 16.3. The van der Waals surface area contributed by atoms with Gasteiger partial charge >= 0.3 is 0 Å². The third kappa shape index (κ3) is 10.6. The van der Waals surface area contributed by atoms with Crippen LogP contribution in [0.15, 0.2) is 79.4 Å². The number of imidazole rings is 1. The number of aryl methyl sites for hydroxylation is 1. The normalized spacial score (nSPS) is 13.8. The second kappa shape index (κ2) is 18.1. The van der Waals surface area contributed by atoms with E-state index in [1.165, 1.54) is 107 Å². The minimum absolute atomic E-state index is 0.0176. The van der Waals surface area contributed by atoms with Crippen molar-refractivity contribution in [3.63, 3.8) is 0 Å². The summed E-state index contributed by atoms with van der Waals surface area (Å²) < 4.78 is 4.83. The van der Waals surface area contributed by atoms with Crippen molar-refractivity contribution in [2.45, 2.75) is 142 Å². The van der Waals surface area contributed by atoms with Crippen LogP contribution < -0.4 is 4.57 Å². The zero-order valence-corrected chi connectivity index (χ0v) is 25.5. The lowest BCUT2D eigenvalue weighted by atomic mass is 9.70. The molecule has 0 saturated carbocycles. The Bertz CT molecular complexity index is 993. The van der Waals surface area contributed by atoms with Crippen LogP contribution in [0.4, 0.5) is 0 Å². The van der Waals surface area contributed by atoms with Crippen LogP contribution in [0.5, 0.6) is 0 Å². The highest BCUT2D eigenvalue weighted by atomic mass is 15.1. The van der Waals surface area contributed by atoms with Gasteiger partial charge in [-0.25, -0.2) is 9.13 Å². The Morgan fingerprint density at radius 2 is 1.18 bits per heavy atom. The van der Waals surface area contributed by atoms with E-state index < -0.39 is 0 Å². The molecule has 3 aromatic rings. The van der Waals surface area contributed by atoms with E-state index in [1.807, 2.05) is 0 Å². The molecule has 214 valence electrons. The molecule has 3 rings (SSSR count). The van der Waals surface area contributed by atoms with Gasteiger partial charge < -0.3 is 0 Å². The first kappa shape index (κ1) is 31.2. The number of hydrogen-bond acceptors (Lipinski definition) is 0. The second-order valence-corrected chi connectivity index (χ2v) is 12.0. The predicted octanol–water partition coefficient (Wildman–Crippen LogP) is 10.4. The molecule has 1 heterocycles. The van der Waals surface area contributed by atoms with Gasteiger partial charge in [0.1, 0.15) is 18.4 Å². The van der Waals surface area contributed by atoms with Gasteiger partial charge in [0.25, 0.3) is 0 Å². The third-order valence-corrected chi connectivity index (χ3v) is 8.85. The van der Waals surface area contributed by atoms with Gasteiger partial charge in [-0.2, -0.15) is 0 Å². The molecule has 1 aromatic heterocycles. The zero-order valence-electron chi connectivity index (χ0n) is 25.5. The molecule has 39 heavy (non-hydrogen) atoms. The van der Waals surface area contributed by atoms with Crippen molar-refractivity contribution in [1.29, 1.82) is 0 Å². The summed E-state index contributed by atoms with van der Waals surface area (Å²) in [5.74, 6) is 0. The Balaban J connectivity index is 1.53. The van der Waals surface area contributed by atoms with Crippen LogP contribution in [-0.4, -0.2) is 4.57 Å². The summed E-state index contributed by atoms with van der Waals surface area (Å²) in [5.41, 5.74) is 2.88. The number of aromatic nitrogens is 2. The molecule has 2 atom stereocenters. The van der Waals surface area contributed by atoms with Gasteiger partial charge in [0.2, 0.25) is 6.33 Å². The van der Waals surface area contributed by atoms with Gasteiger partial charge in [-0.05, 0) is 37.3 Å². The molecule has 0 spiro atoms. The van der Waals surface area contributed by atoms with Crippen LogP contribution >= 0.6 is 0 Å². The van der Waals surface area contributed by atoms with Crippen molar-refractivity contribution < 1.29 is 4.57 Å². The molecule has 0 aliphatic rings. The molecule has 0 fully saturated rings.